The highest BCUT2D eigenvalue weighted by molar-refractivity contribution is 7.13. The lowest BCUT2D eigenvalue weighted by Crippen LogP contribution is -2.02. The molecule has 0 aliphatic carbocycles. The Hall–Kier alpha value is -2.53. The third-order valence-corrected chi connectivity index (χ3v) is 3.09. The molecule has 0 spiro atoms. The van der Waals surface area contributed by atoms with Crippen LogP contribution in [-0.4, -0.2) is 29.9 Å². The van der Waals surface area contributed by atoms with Crippen molar-refractivity contribution in [1.29, 1.82) is 5.26 Å². The van der Waals surface area contributed by atoms with Crippen molar-refractivity contribution >= 4 is 11.3 Å². The molecular formula is C10H7N7S. The van der Waals surface area contributed by atoms with Crippen LogP contribution in [0.5, 0.6) is 0 Å². The molecule has 3 aromatic rings. The normalized spacial score (nSPS) is 10.4. The van der Waals surface area contributed by atoms with E-state index in [1.807, 2.05) is 23.6 Å². The van der Waals surface area contributed by atoms with Crippen molar-refractivity contribution in [1.82, 2.24) is 29.9 Å². The van der Waals surface area contributed by atoms with Crippen molar-refractivity contribution < 1.29 is 0 Å². The van der Waals surface area contributed by atoms with Crippen LogP contribution >= 0.6 is 11.3 Å². The summed E-state index contributed by atoms with van der Waals surface area (Å²) in [6.45, 7) is 0.410. The highest BCUT2D eigenvalue weighted by Gasteiger charge is 2.08. The Morgan fingerprint density at radius 3 is 3.17 bits per heavy atom. The Kier molecular flexibility index (Phi) is 2.59. The fourth-order valence-corrected chi connectivity index (χ4v) is 2.12. The molecule has 0 aliphatic rings. The van der Waals surface area contributed by atoms with Crippen LogP contribution in [0.4, 0.5) is 0 Å². The monoisotopic (exact) mass is 257 g/mol. The minimum Gasteiger partial charge on any atom is -0.261 e. The summed E-state index contributed by atoms with van der Waals surface area (Å²) in [5, 5.41) is 21.5. The van der Waals surface area contributed by atoms with E-state index in [1.165, 1.54) is 11.0 Å². The molecule has 0 saturated carbocycles. The number of hydrogen-bond donors (Lipinski definition) is 1. The predicted molar refractivity (Wildman–Crippen MR) is 63.5 cm³/mol. The van der Waals surface area contributed by atoms with Crippen LogP contribution < -0.4 is 0 Å². The number of hydrogen-bond acceptors (Lipinski definition) is 6. The molecule has 18 heavy (non-hydrogen) atoms. The molecule has 0 radical (unpaired) electrons. The maximum atomic E-state index is 8.62. The number of H-pyrrole nitrogens is 1. The second-order valence-corrected chi connectivity index (χ2v) is 4.41. The van der Waals surface area contributed by atoms with Crippen LogP contribution in [0.15, 0.2) is 23.8 Å². The van der Waals surface area contributed by atoms with Crippen molar-refractivity contribution in [2.24, 2.45) is 0 Å². The zero-order valence-electron chi connectivity index (χ0n) is 9.11. The van der Waals surface area contributed by atoms with E-state index >= 15 is 0 Å². The van der Waals surface area contributed by atoms with E-state index in [0.29, 0.717) is 18.2 Å². The van der Waals surface area contributed by atoms with E-state index in [4.69, 9.17) is 5.26 Å². The molecular weight excluding hydrogens is 250 g/mol. The second-order valence-electron chi connectivity index (χ2n) is 3.46. The average molecular weight is 257 g/mol. The standard InChI is InChI=1S/C10H7N7S/c11-4-8-12-6-17(16-8)5-9-13-10(15-14-9)7-2-1-3-18-7/h1-3,6H,5H2,(H,13,14,15). The minimum absolute atomic E-state index is 0.146. The van der Waals surface area contributed by atoms with Crippen molar-refractivity contribution in [2.45, 2.75) is 6.54 Å². The highest BCUT2D eigenvalue weighted by Crippen LogP contribution is 2.20. The largest absolute Gasteiger partial charge is 0.261 e. The average Bonchev–Trinajstić information content (AvgIpc) is 3.10. The SMILES string of the molecule is N#Cc1ncn(Cc2nc(-c3cccs3)n[nH]2)n1. The molecule has 0 saturated heterocycles. The summed E-state index contributed by atoms with van der Waals surface area (Å²) in [6, 6.07) is 5.78. The molecule has 1 N–H and O–H groups in total. The molecule has 0 atom stereocenters. The maximum absolute atomic E-state index is 8.62. The molecule has 0 unspecified atom stereocenters. The van der Waals surface area contributed by atoms with Crippen molar-refractivity contribution in [3.8, 4) is 16.8 Å². The van der Waals surface area contributed by atoms with Crippen LogP contribution in [0, 0.1) is 11.3 Å². The molecule has 3 heterocycles. The second kappa shape index (κ2) is 4.38. The molecule has 0 amide bonds. The fraction of sp³-hybridized carbons (Fsp3) is 0.100. The predicted octanol–water partition coefficient (Wildman–Crippen LogP) is 1.04. The quantitative estimate of drug-likeness (QED) is 0.756. The minimum atomic E-state index is 0.146. The van der Waals surface area contributed by atoms with Gasteiger partial charge >= 0.3 is 0 Å². The van der Waals surface area contributed by atoms with Crippen LogP contribution in [0.3, 0.4) is 0 Å². The Balaban J connectivity index is 1.80. The number of rotatable bonds is 3. The molecule has 3 rings (SSSR count). The lowest BCUT2D eigenvalue weighted by Gasteiger charge is -1.93. The van der Waals surface area contributed by atoms with Gasteiger partial charge in [-0.25, -0.2) is 14.6 Å². The summed E-state index contributed by atoms with van der Waals surface area (Å²) in [6.07, 6.45) is 1.49. The Morgan fingerprint density at radius 1 is 1.50 bits per heavy atom. The van der Waals surface area contributed by atoms with Gasteiger partial charge in [0.25, 0.3) is 5.82 Å². The molecule has 0 aromatic carbocycles. The Labute approximate surface area is 106 Å². The topological polar surface area (TPSA) is 96.1 Å². The first kappa shape index (κ1) is 10.6. The first-order valence-corrected chi connectivity index (χ1v) is 5.98. The van der Waals surface area contributed by atoms with Crippen molar-refractivity contribution in [2.75, 3.05) is 0 Å². The van der Waals surface area contributed by atoms with E-state index in [0.717, 1.165) is 4.88 Å². The van der Waals surface area contributed by atoms with Gasteiger partial charge in [0, 0.05) is 0 Å². The molecule has 3 aromatic heterocycles. The van der Waals surface area contributed by atoms with Gasteiger partial charge in [0.1, 0.15) is 24.8 Å². The lowest BCUT2D eigenvalue weighted by molar-refractivity contribution is 0.654. The Bertz CT molecular complexity index is 688. The number of aromatic amines is 1. The van der Waals surface area contributed by atoms with Gasteiger partial charge in [-0.15, -0.1) is 16.4 Å². The van der Waals surface area contributed by atoms with Gasteiger partial charge in [0.15, 0.2) is 5.82 Å². The zero-order chi connectivity index (χ0) is 12.4. The Morgan fingerprint density at radius 2 is 2.44 bits per heavy atom. The summed E-state index contributed by atoms with van der Waals surface area (Å²) >= 11 is 1.58. The fourth-order valence-electron chi connectivity index (χ4n) is 1.46. The van der Waals surface area contributed by atoms with Crippen LogP contribution in [0.1, 0.15) is 11.6 Å². The number of nitriles is 1. The first-order chi connectivity index (χ1) is 8.85. The van der Waals surface area contributed by atoms with Gasteiger partial charge in [-0.2, -0.15) is 10.4 Å². The molecule has 7 nitrogen and oxygen atoms in total. The molecule has 0 fully saturated rings. The van der Waals surface area contributed by atoms with Gasteiger partial charge < -0.3 is 0 Å². The van der Waals surface area contributed by atoms with E-state index in [2.05, 4.69) is 25.3 Å². The van der Waals surface area contributed by atoms with Crippen LogP contribution in [0.2, 0.25) is 0 Å². The summed E-state index contributed by atoms with van der Waals surface area (Å²) in [7, 11) is 0. The van der Waals surface area contributed by atoms with Crippen molar-refractivity contribution in [3.05, 3.63) is 35.5 Å². The van der Waals surface area contributed by atoms with E-state index in [-0.39, 0.29) is 5.82 Å². The smallest absolute Gasteiger partial charge is 0.252 e. The third kappa shape index (κ3) is 1.99. The molecule has 8 heteroatoms. The number of nitrogens with one attached hydrogen (secondary N) is 1. The summed E-state index contributed by atoms with van der Waals surface area (Å²) in [5.41, 5.74) is 0. The van der Waals surface area contributed by atoms with Gasteiger partial charge in [-0.1, -0.05) is 6.07 Å². The van der Waals surface area contributed by atoms with E-state index in [1.54, 1.807) is 11.3 Å². The molecule has 0 bridgehead atoms. The van der Waals surface area contributed by atoms with Gasteiger partial charge in [0.2, 0.25) is 0 Å². The lowest BCUT2D eigenvalue weighted by atomic mass is 10.4. The van der Waals surface area contributed by atoms with Crippen LogP contribution in [-0.2, 0) is 6.54 Å². The summed E-state index contributed by atoms with van der Waals surface area (Å²) in [5.74, 6) is 1.49. The van der Waals surface area contributed by atoms with Gasteiger partial charge in [-0.3, -0.25) is 5.10 Å². The van der Waals surface area contributed by atoms with Gasteiger partial charge in [0.05, 0.1) is 4.88 Å². The molecule has 88 valence electrons. The third-order valence-electron chi connectivity index (χ3n) is 2.22. The number of nitrogens with zero attached hydrogens (tertiary/aromatic N) is 6. The molecule has 0 aliphatic heterocycles. The van der Waals surface area contributed by atoms with Crippen LogP contribution in [0.25, 0.3) is 10.7 Å². The zero-order valence-corrected chi connectivity index (χ0v) is 9.92. The number of thiophene rings is 1. The summed E-state index contributed by atoms with van der Waals surface area (Å²) < 4.78 is 1.54. The number of aromatic nitrogens is 6. The highest BCUT2D eigenvalue weighted by atomic mass is 32.1. The van der Waals surface area contributed by atoms with E-state index < -0.39 is 0 Å². The first-order valence-electron chi connectivity index (χ1n) is 5.10. The summed E-state index contributed by atoms with van der Waals surface area (Å²) in [4.78, 5) is 9.18. The van der Waals surface area contributed by atoms with Gasteiger partial charge in [-0.05, 0) is 11.4 Å². The maximum Gasteiger partial charge on any atom is 0.252 e. The van der Waals surface area contributed by atoms with E-state index in [9.17, 15) is 0 Å². The van der Waals surface area contributed by atoms with Crippen molar-refractivity contribution in [3.63, 3.8) is 0 Å².